The van der Waals surface area contributed by atoms with Crippen molar-refractivity contribution < 1.29 is 9.59 Å². The number of nitrogens with zero attached hydrogens (tertiary/aromatic N) is 6. The average Bonchev–Trinajstić information content (AvgIpc) is 3.36. The van der Waals surface area contributed by atoms with E-state index in [4.69, 9.17) is 23.2 Å². The smallest absolute Gasteiger partial charge is 0.312 e. The third kappa shape index (κ3) is 3.85. The highest BCUT2D eigenvalue weighted by Crippen LogP contribution is 2.49. The quantitative estimate of drug-likeness (QED) is 0.516. The molecule has 0 radical (unpaired) electrons. The molecule has 8 nitrogen and oxygen atoms in total. The van der Waals surface area contributed by atoms with Crippen LogP contribution < -0.4 is 0 Å². The number of piperidine rings is 2. The lowest BCUT2D eigenvalue weighted by Gasteiger charge is -2.46. The zero-order chi connectivity index (χ0) is 26.7. The highest BCUT2D eigenvalue weighted by Gasteiger charge is 2.56. The molecule has 2 aromatic rings. The Hall–Kier alpha value is -3.20. The lowest BCUT2D eigenvalue weighted by Crippen LogP contribution is -2.59. The van der Waals surface area contributed by atoms with Gasteiger partial charge in [-0.1, -0.05) is 23.2 Å². The van der Waals surface area contributed by atoms with E-state index in [9.17, 15) is 20.1 Å². The fourth-order valence-corrected chi connectivity index (χ4v) is 7.86. The van der Waals surface area contributed by atoms with Gasteiger partial charge in [0.25, 0.3) is 0 Å². The van der Waals surface area contributed by atoms with Crippen molar-refractivity contribution in [3.63, 3.8) is 0 Å². The summed E-state index contributed by atoms with van der Waals surface area (Å²) in [5.41, 5.74) is -0.0450. The van der Waals surface area contributed by atoms with Gasteiger partial charge in [0.05, 0.1) is 33.0 Å². The van der Waals surface area contributed by atoms with E-state index < -0.39 is 22.6 Å². The van der Waals surface area contributed by atoms with Crippen molar-refractivity contribution in [1.29, 1.82) is 10.5 Å². The number of nitriles is 2. The van der Waals surface area contributed by atoms with Crippen molar-refractivity contribution in [2.75, 3.05) is 0 Å². The second kappa shape index (κ2) is 9.22. The first-order valence-electron chi connectivity index (χ1n) is 13.0. The standard InChI is InChI=1S/C28H26Cl2N6O2/c29-19-5-17(11-33-13-19)27(15-31)7-21-1-2-22(8-27)35(21)25(37)26(38)36-23-3-4-24(36)10-28(9-23,16-32)18-6-20(30)14-34-12-18/h5-6,11-14,21-24H,1-4,7-10H2. The van der Waals surface area contributed by atoms with Crippen LogP contribution in [-0.2, 0) is 20.4 Å². The Kier molecular flexibility index (Phi) is 6.09. The second-order valence-corrected chi connectivity index (χ2v) is 12.1. The molecule has 0 aromatic carbocycles. The van der Waals surface area contributed by atoms with Crippen LogP contribution in [0.2, 0.25) is 10.0 Å². The Bertz CT molecular complexity index is 1270. The number of amides is 2. The van der Waals surface area contributed by atoms with E-state index in [-0.39, 0.29) is 24.2 Å². The maximum absolute atomic E-state index is 13.7. The first-order valence-corrected chi connectivity index (χ1v) is 13.7. The van der Waals surface area contributed by atoms with E-state index in [1.54, 1.807) is 46.7 Å². The van der Waals surface area contributed by atoms with Gasteiger partial charge in [-0.2, -0.15) is 10.5 Å². The summed E-state index contributed by atoms with van der Waals surface area (Å²) in [6.07, 6.45) is 11.3. The molecular formula is C28H26Cl2N6O2. The van der Waals surface area contributed by atoms with Crippen LogP contribution in [-0.4, -0.2) is 55.7 Å². The minimum absolute atomic E-state index is 0.193. The summed E-state index contributed by atoms with van der Waals surface area (Å²) in [6.45, 7) is 0. The van der Waals surface area contributed by atoms with Gasteiger partial charge in [0.15, 0.2) is 0 Å². The molecule has 4 unspecified atom stereocenters. The molecule has 4 atom stereocenters. The predicted molar refractivity (Wildman–Crippen MR) is 139 cm³/mol. The van der Waals surface area contributed by atoms with E-state index >= 15 is 0 Å². The maximum Gasteiger partial charge on any atom is 0.312 e. The third-order valence-electron chi connectivity index (χ3n) is 9.17. The van der Waals surface area contributed by atoms with Crippen molar-refractivity contribution in [3.8, 4) is 12.1 Å². The molecule has 38 heavy (non-hydrogen) atoms. The summed E-state index contributed by atoms with van der Waals surface area (Å²) in [7, 11) is 0. The summed E-state index contributed by atoms with van der Waals surface area (Å²) < 4.78 is 0. The molecule has 194 valence electrons. The molecule has 2 amide bonds. The van der Waals surface area contributed by atoms with Crippen molar-refractivity contribution >= 4 is 35.0 Å². The van der Waals surface area contributed by atoms with Crippen LogP contribution in [0, 0.1) is 22.7 Å². The Morgan fingerprint density at radius 2 is 1.05 bits per heavy atom. The van der Waals surface area contributed by atoms with Crippen LogP contribution in [0.15, 0.2) is 36.9 Å². The summed E-state index contributed by atoms with van der Waals surface area (Å²) in [6, 6.07) is 7.78. The van der Waals surface area contributed by atoms with Gasteiger partial charge in [-0.25, -0.2) is 0 Å². The molecule has 10 heteroatoms. The topological polar surface area (TPSA) is 114 Å². The number of hydrogen-bond acceptors (Lipinski definition) is 6. The summed E-state index contributed by atoms with van der Waals surface area (Å²) in [5, 5.41) is 21.4. The van der Waals surface area contributed by atoms with Crippen LogP contribution >= 0.6 is 23.2 Å². The van der Waals surface area contributed by atoms with Gasteiger partial charge in [-0.3, -0.25) is 19.6 Å². The van der Waals surface area contributed by atoms with E-state index in [2.05, 4.69) is 22.1 Å². The number of pyridine rings is 2. The van der Waals surface area contributed by atoms with Crippen LogP contribution in [0.4, 0.5) is 0 Å². The first kappa shape index (κ1) is 25.1. The predicted octanol–water partition coefficient (Wildman–Crippen LogP) is 4.31. The SMILES string of the molecule is N#CC1(c2cncc(Cl)c2)CC2CCC(C1)N2C(=O)C(=O)N1C2CCC1CC(C#N)(c1cncc(Cl)c1)C2. The Labute approximate surface area is 231 Å². The Balaban J connectivity index is 1.22. The monoisotopic (exact) mass is 548 g/mol. The molecule has 4 aliphatic heterocycles. The number of rotatable bonds is 2. The van der Waals surface area contributed by atoms with Gasteiger partial charge < -0.3 is 9.80 Å². The van der Waals surface area contributed by atoms with Crippen LogP contribution in [0.3, 0.4) is 0 Å². The van der Waals surface area contributed by atoms with Crippen LogP contribution in [0.1, 0.15) is 62.5 Å². The van der Waals surface area contributed by atoms with E-state index in [1.165, 1.54) is 0 Å². The molecule has 4 bridgehead atoms. The van der Waals surface area contributed by atoms with Gasteiger partial charge >= 0.3 is 11.8 Å². The minimum atomic E-state index is -0.787. The fraction of sp³-hybridized carbons (Fsp3) is 0.500. The molecular weight excluding hydrogens is 523 g/mol. The van der Waals surface area contributed by atoms with Crippen LogP contribution in [0.5, 0.6) is 0 Å². The van der Waals surface area contributed by atoms with Crippen molar-refractivity contribution in [3.05, 3.63) is 58.1 Å². The molecule has 0 spiro atoms. The lowest BCUT2D eigenvalue weighted by atomic mass is 9.71. The third-order valence-corrected chi connectivity index (χ3v) is 9.58. The van der Waals surface area contributed by atoms with Gasteiger partial charge in [-0.15, -0.1) is 0 Å². The molecule has 4 fully saturated rings. The van der Waals surface area contributed by atoms with Crippen molar-refractivity contribution in [2.45, 2.75) is 86.4 Å². The Morgan fingerprint density at radius 1 is 0.711 bits per heavy atom. The molecule has 0 N–H and O–H groups in total. The zero-order valence-corrected chi connectivity index (χ0v) is 22.2. The van der Waals surface area contributed by atoms with Crippen molar-refractivity contribution in [1.82, 2.24) is 19.8 Å². The molecule has 4 saturated heterocycles. The largest absolute Gasteiger partial charge is 0.328 e. The lowest BCUT2D eigenvalue weighted by molar-refractivity contribution is -0.158. The average molecular weight is 549 g/mol. The minimum Gasteiger partial charge on any atom is -0.328 e. The van der Waals surface area contributed by atoms with Gasteiger partial charge in [0, 0.05) is 49.0 Å². The van der Waals surface area contributed by atoms with E-state index in [0.717, 1.165) is 36.8 Å². The summed E-state index contributed by atoms with van der Waals surface area (Å²) in [4.78, 5) is 39.3. The van der Waals surface area contributed by atoms with E-state index in [1.807, 2.05) is 0 Å². The molecule has 6 heterocycles. The van der Waals surface area contributed by atoms with Crippen LogP contribution in [0.25, 0.3) is 0 Å². The number of aromatic nitrogens is 2. The number of carbonyl (C=O) groups is 2. The highest BCUT2D eigenvalue weighted by molar-refractivity contribution is 6.35. The second-order valence-electron chi connectivity index (χ2n) is 11.2. The zero-order valence-electron chi connectivity index (χ0n) is 20.7. The van der Waals surface area contributed by atoms with Crippen molar-refractivity contribution in [2.24, 2.45) is 0 Å². The highest BCUT2D eigenvalue weighted by atomic mass is 35.5. The first-order chi connectivity index (χ1) is 18.3. The molecule has 4 aliphatic rings. The summed E-state index contributed by atoms with van der Waals surface area (Å²) in [5.74, 6) is -0.974. The maximum atomic E-state index is 13.7. The number of carbonyl (C=O) groups excluding carboxylic acids is 2. The molecule has 0 saturated carbocycles. The number of hydrogen-bond donors (Lipinski definition) is 0. The van der Waals surface area contributed by atoms with Gasteiger partial charge in [-0.05, 0) is 74.6 Å². The van der Waals surface area contributed by atoms with Gasteiger partial charge in [0.1, 0.15) is 0 Å². The number of halogens is 2. The number of fused-ring (bicyclic) bond motifs is 4. The Morgan fingerprint density at radius 3 is 1.34 bits per heavy atom. The molecule has 0 aliphatic carbocycles. The normalized spacial score (nSPS) is 33.5. The fourth-order valence-electron chi connectivity index (χ4n) is 7.51. The summed E-state index contributed by atoms with van der Waals surface area (Å²) >= 11 is 12.3. The van der Waals surface area contributed by atoms with E-state index in [0.29, 0.717) is 35.7 Å². The van der Waals surface area contributed by atoms with Gasteiger partial charge in [0.2, 0.25) is 0 Å². The molecule has 2 aromatic heterocycles. The molecule has 6 rings (SSSR count).